The molecule has 0 N–H and O–H groups in total. The minimum absolute atomic E-state index is 0.265. The fourth-order valence-corrected chi connectivity index (χ4v) is 11.4. The lowest BCUT2D eigenvalue weighted by atomic mass is 10.1. The largest absolute Gasteiger partial charge is 0.464 e. The average molecular weight is 475 g/mol. The average Bonchev–Trinajstić information content (AvgIpc) is 2.74. The monoisotopic (exact) mass is 474 g/mol. The zero-order valence-corrected chi connectivity index (χ0v) is 22.5. The number of aryl methyl sites for hydroxylation is 1. The molecule has 2 aromatic rings. The van der Waals surface area contributed by atoms with Gasteiger partial charge in [-0.05, 0) is 48.7 Å². The molecule has 0 amide bonds. The number of rotatable bonds is 10. The third kappa shape index (κ3) is 5.59. The Morgan fingerprint density at radius 3 is 1.94 bits per heavy atom. The SMILES string of the molecule is CCOC(=O)[C@H](O[Si](C(C)C)(C(C)C)C(C)C)c1ccccc1S(=O)c1ccc(C)cc1. The smallest absolute Gasteiger partial charge is 0.338 e. The molecule has 0 aliphatic carbocycles. The number of ether oxygens (including phenoxy) is 1. The van der Waals surface area contributed by atoms with E-state index in [2.05, 4.69) is 41.5 Å². The van der Waals surface area contributed by atoms with Crippen LogP contribution in [0.5, 0.6) is 0 Å². The van der Waals surface area contributed by atoms with Crippen LogP contribution in [0, 0.1) is 6.92 Å². The number of hydrogen-bond donors (Lipinski definition) is 0. The second-order valence-corrected chi connectivity index (χ2v) is 16.0. The van der Waals surface area contributed by atoms with Crippen LogP contribution in [0.25, 0.3) is 0 Å². The molecule has 0 spiro atoms. The van der Waals surface area contributed by atoms with E-state index in [0.717, 1.165) is 5.56 Å². The van der Waals surface area contributed by atoms with Crippen molar-refractivity contribution in [2.45, 2.75) is 87.9 Å². The molecule has 0 saturated carbocycles. The van der Waals surface area contributed by atoms with Crippen molar-refractivity contribution in [3.05, 3.63) is 59.7 Å². The molecule has 0 aromatic heterocycles. The first-order chi connectivity index (χ1) is 15.1. The highest BCUT2D eigenvalue weighted by atomic mass is 32.2. The fraction of sp³-hybridized carbons (Fsp3) is 0.500. The molecular weight excluding hydrogens is 436 g/mol. The van der Waals surface area contributed by atoms with Gasteiger partial charge in [-0.2, -0.15) is 0 Å². The molecule has 0 saturated heterocycles. The lowest BCUT2D eigenvalue weighted by molar-refractivity contribution is -0.152. The van der Waals surface area contributed by atoms with Crippen molar-refractivity contribution in [3.63, 3.8) is 0 Å². The first-order valence-electron chi connectivity index (χ1n) is 11.5. The summed E-state index contributed by atoms with van der Waals surface area (Å²) in [7, 11) is -3.85. The van der Waals surface area contributed by atoms with E-state index in [4.69, 9.17) is 9.16 Å². The summed E-state index contributed by atoms with van der Waals surface area (Å²) >= 11 is 0. The molecule has 6 heteroatoms. The van der Waals surface area contributed by atoms with Gasteiger partial charge in [0.05, 0.1) is 22.3 Å². The number of hydrogen-bond acceptors (Lipinski definition) is 4. The van der Waals surface area contributed by atoms with Crippen molar-refractivity contribution < 1.29 is 18.2 Å². The van der Waals surface area contributed by atoms with E-state index >= 15 is 0 Å². The predicted octanol–water partition coefficient (Wildman–Crippen LogP) is 6.96. The predicted molar refractivity (Wildman–Crippen MR) is 134 cm³/mol. The van der Waals surface area contributed by atoms with Crippen LogP contribution in [0.3, 0.4) is 0 Å². The summed E-state index contributed by atoms with van der Waals surface area (Å²) in [6, 6.07) is 15.0. The Labute approximate surface area is 197 Å². The van der Waals surface area contributed by atoms with Gasteiger partial charge in [0.2, 0.25) is 8.32 Å². The molecule has 0 bridgehead atoms. The van der Waals surface area contributed by atoms with Gasteiger partial charge in [-0.1, -0.05) is 77.4 Å². The summed E-state index contributed by atoms with van der Waals surface area (Å²) in [5, 5.41) is 0. The van der Waals surface area contributed by atoms with Crippen molar-refractivity contribution in [1.29, 1.82) is 0 Å². The van der Waals surface area contributed by atoms with Gasteiger partial charge in [-0.25, -0.2) is 9.00 Å². The maximum Gasteiger partial charge on any atom is 0.338 e. The second-order valence-electron chi connectivity index (χ2n) is 9.19. The Morgan fingerprint density at radius 2 is 1.44 bits per heavy atom. The molecule has 32 heavy (non-hydrogen) atoms. The quantitative estimate of drug-likeness (QED) is 0.276. The van der Waals surface area contributed by atoms with Gasteiger partial charge in [-0.15, -0.1) is 0 Å². The van der Waals surface area contributed by atoms with Gasteiger partial charge in [0.25, 0.3) is 0 Å². The standard InChI is InChI=1S/C26H38O4SSi/c1-9-29-26(27)25(30-32(18(2)3,19(4)5)20(6)7)23-12-10-11-13-24(23)31(28)22-16-14-21(8)15-17-22/h10-20,25H,9H2,1-8H3/t25-,31?/m1/s1. The molecule has 0 aliphatic rings. The zero-order chi connectivity index (χ0) is 24.1. The van der Waals surface area contributed by atoms with E-state index < -0.39 is 31.2 Å². The van der Waals surface area contributed by atoms with Crippen LogP contribution in [0.15, 0.2) is 58.3 Å². The molecule has 2 rings (SSSR count). The molecule has 0 aliphatic heterocycles. The minimum Gasteiger partial charge on any atom is -0.464 e. The van der Waals surface area contributed by atoms with Crippen LogP contribution in [0.4, 0.5) is 0 Å². The highest BCUT2D eigenvalue weighted by Crippen LogP contribution is 2.46. The summed E-state index contributed by atoms with van der Waals surface area (Å²) in [6.07, 6.45) is -0.903. The van der Waals surface area contributed by atoms with E-state index in [1.165, 1.54) is 0 Å². The molecule has 0 heterocycles. The first-order valence-corrected chi connectivity index (χ1v) is 14.8. The Hall–Kier alpha value is -1.76. The summed E-state index contributed by atoms with van der Waals surface area (Å²) < 4.78 is 25.9. The molecule has 2 atom stereocenters. The second kappa shape index (κ2) is 11.4. The van der Waals surface area contributed by atoms with Crippen molar-refractivity contribution in [2.75, 3.05) is 6.61 Å². The number of esters is 1. The molecule has 4 nitrogen and oxygen atoms in total. The lowest BCUT2D eigenvalue weighted by Gasteiger charge is -2.44. The van der Waals surface area contributed by atoms with E-state index in [1.54, 1.807) is 6.92 Å². The summed E-state index contributed by atoms with van der Waals surface area (Å²) in [4.78, 5) is 14.5. The Balaban J connectivity index is 2.63. The molecular formula is C26H38O4SSi. The maximum absolute atomic E-state index is 13.5. The van der Waals surface area contributed by atoms with E-state index in [1.807, 2.05) is 55.5 Å². The van der Waals surface area contributed by atoms with Crippen molar-refractivity contribution in [1.82, 2.24) is 0 Å². The number of carbonyl (C=O) groups is 1. The van der Waals surface area contributed by atoms with Crippen LogP contribution in [-0.2, 0) is 24.8 Å². The van der Waals surface area contributed by atoms with Crippen LogP contribution < -0.4 is 0 Å². The maximum atomic E-state index is 13.5. The normalized spacial score (nSPS) is 14.1. The fourth-order valence-electron chi connectivity index (χ4n) is 4.72. The van der Waals surface area contributed by atoms with Crippen molar-refractivity contribution in [3.8, 4) is 0 Å². The first kappa shape index (κ1) is 26.5. The molecule has 1 unspecified atom stereocenters. The van der Waals surface area contributed by atoms with Gasteiger partial charge in [-0.3, -0.25) is 0 Å². The van der Waals surface area contributed by atoms with Gasteiger partial charge in [0.1, 0.15) is 0 Å². The highest BCUT2D eigenvalue weighted by molar-refractivity contribution is 7.85. The number of benzene rings is 2. The third-order valence-corrected chi connectivity index (χ3v) is 13.7. The van der Waals surface area contributed by atoms with E-state index in [0.29, 0.717) is 32.0 Å². The van der Waals surface area contributed by atoms with Crippen molar-refractivity contribution >= 4 is 25.1 Å². The van der Waals surface area contributed by atoms with Gasteiger partial charge < -0.3 is 9.16 Å². The Kier molecular flexibility index (Phi) is 9.43. The Morgan fingerprint density at radius 1 is 0.906 bits per heavy atom. The summed E-state index contributed by atoms with van der Waals surface area (Å²) in [5.74, 6) is -0.417. The van der Waals surface area contributed by atoms with Crippen LogP contribution >= 0.6 is 0 Å². The van der Waals surface area contributed by atoms with E-state index in [-0.39, 0.29) is 6.61 Å². The lowest BCUT2D eigenvalue weighted by Crippen LogP contribution is -2.49. The zero-order valence-electron chi connectivity index (χ0n) is 20.7. The Bertz CT molecular complexity index is 900. The molecule has 176 valence electrons. The third-order valence-electron chi connectivity index (χ3n) is 6.17. The van der Waals surface area contributed by atoms with Gasteiger partial charge in [0, 0.05) is 10.5 Å². The summed E-state index contributed by atoms with van der Waals surface area (Å²) in [5.41, 5.74) is 2.63. The van der Waals surface area contributed by atoms with Crippen molar-refractivity contribution in [2.24, 2.45) is 0 Å². The topological polar surface area (TPSA) is 52.6 Å². The minimum atomic E-state index is -2.41. The van der Waals surface area contributed by atoms with E-state index in [9.17, 15) is 9.00 Å². The molecule has 0 radical (unpaired) electrons. The van der Waals surface area contributed by atoms with Gasteiger partial charge >= 0.3 is 5.97 Å². The van der Waals surface area contributed by atoms with Crippen LogP contribution in [0.1, 0.15) is 65.7 Å². The number of carbonyl (C=O) groups excluding carboxylic acids is 1. The summed E-state index contributed by atoms with van der Waals surface area (Å²) in [6.45, 7) is 17.2. The molecule has 0 fully saturated rings. The highest BCUT2D eigenvalue weighted by Gasteiger charge is 2.48. The molecule has 2 aromatic carbocycles. The van der Waals surface area contributed by atoms with Crippen LogP contribution in [0.2, 0.25) is 16.6 Å². The van der Waals surface area contributed by atoms with Gasteiger partial charge in [0.15, 0.2) is 6.10 Å². The van der Waals surface area contributed by atoms with Crippen LogP contribution in [-0.4, -0.2) is 25.1 Å².